The molecule has 0 radical (unpaired) electrons. The molecule has 2 N–H and O–H groups in total. The zero-order valence-electron chi connectivity index (χ0n) is 8.95. The van der Waals surface area contributed by atoms with Crippen LogP contribution in [0.4, 0.5) is 5.88 Å². The molecule has 16 heavy (non-hydrogen) atoms. The van der Waals surface area contributed by atoms with E-state index in [0.717, 1.165) is 11.1 Å². The van der Waals surface area contributed by atoms with Gasteiger partial charge in [0.1, 0.15) is 11.4 Å². The van der Waals surface area contributed by atoms with Crippen molar-refractivity contribution in [2.45, 2.75) is 6.92 Å². The molecule has 5 heteroatoms. The van der Waals surface area contributed by atoms with E-state index in [1.54, 1.807) is 19.2 Å². The number of methoxy groups -OCH3 is 1. The molecule has 1 aromatic heterocycles. The van der Waals surface area contributed by atoms with E-state index in [1.807, 2.05) is 13.0 Å². The molecule has 0 aliphatic heterocycles. The third-order valence-electron chi connectivity index (χ3n) is 2.29. The first-order chi connectivity index (χ1) is 7.61. The number of nitrogens with two attached hydrogens (primary N) is 1. The summed E-state index contributed by atoms with van der Waals surface area (Å²) in [7, 11) is 1.59. The van der Waals surface area contributed by atoms with Crippen molar-refractivity contribution in [1.29, 1.82) is 0 Å². The van der Waals surface area contributed by atoms with Gasteiger partial charge in [-0.25, -0.2) is 0 Å². The molecule has 0 aliphatic rings. The van der Waals surface area contributed by atoms with Crippen LogP contribution in [-0.4, -0.2) is 12.3 Å². The zero-order chi connectivity index (χ0) is 11.7. The Bertz CT molecular complexity index is 523. The summed E-state index contributed by atoms with van der Waals surface area (Å²) in [5.41, 5.74) is 7.79. The molecule has 0 aliphatic carbocycles. The highest BCUT2D eigenvalue weighted by molar-refractivity contribution is 6.31. The van der Waals surface area contributed by atoms with Gasteiger partial charge in [0.25, 0.3) is 0 Å². The van der Waals surface area contributed by atoms with Crippen LogP contribution in [0.2, 0.25) is 5.02 Å². The molecular formula is C11H11ClN2O2. The van der Waals surface area contributed by atoms with Crippen LogP contribution in [0.15, 0.2) is 22.7 Å². The normalized spacial score (nSPS) is 10.4. The summed E-state index contributed by atoms with van der Waals surface area (Å²) < 4.78 is 10.1. The van der Waals surface area contributed by atoms with Gasteiger partial charge in [0.05, 0.1) is 7.11 Å². The predicted molar refractivity (Wildman–Crippen MR) is 62.7 cm³/mol. The van der Waals surface area contributed by atoms with Gasteiger partial charge in [0, 0.05) is 16.7 Å². The lowest BCUT2D eigenvalue weighted by atomic mass is 10.1. The van der Waals surface area contributed by atoms with Crippen LogP contribution >= 0.6 is 11.6 Å². The number of aryl methyl sites for hydroxylation is 1. The summed E-state index contributed by atoms with van der Waals surface area (Å²) in [6.07, 6.45) is 0. The van der Waals surface area contributed by atoms with E-state index in [1.165, 1.54) is 0 Å². The van der Waals surface area contributed by atoms with Crippen LogP contribution in [0.1, 0.15) is 5.56 Å². The first kappa shape index (κ1) is 10.8. The maximum Gasteiger partial charge on any atom is 0.222 e. The second-order valence-corrected chi connectivity index (χ2v) is 3.82. The van der Waals surface area contributed by atoms with Crippen LogP contribution in [0, 0.1) is 6.92 Å². The predicted octanol–water partition coefficient (Wildman–Crippen LogP) is 2.89. The molecule has 0 amide bonds. The summed E-state index contributed by atoms with van der Waals surface area (Å²) in [5, 5.41) is 4.48. The third kappa shape index (κ3) is 1.84. The van der Waals surface area contributed by atoms with Gasteiger partial charge < -0.3 is 15.0 Å². The number of anilines is 1. The topological polar surface area (TPSA) is 61.3 Å². The molecule has 0 saturated heterocycles. The van der Waals surface area contributed by atoms with Gasteiger partial charge in [-0.05, 0) is 24.6 Å². The minimum atomic E-state index is 0.258. The summed E-state index contributed by atoms with van der Waals surface area (Å²) >= 11 is 6.05. The molecule has 1 heterocycles. The van der Waals surface area contributed by atoms with Crippen molar-refractivity contribution in [3.63, 3.8) is 0 Å². The fourth-order valence-electron chi connectivity index (χ4n) is 1.44. The Morgan fingerprint density at radius 3 is 2.69 bits per heavy atom. The number of rotatable bonds is 2. The Morgan fingerprint density at radius 1 is 1.38 bits per heavy atom. The highest BCUT2D eigenvalue weighted by Gasteiger charge is 2.12. The monoisotopic (exact) mass is 238 g/mol. The molecule has 2 rings (SSSR count). The maximum absolute atomic E-state index is 6.05. The second kappa shape index (κ2) is 4.06. The lowest BCUT2D eigenvalue weighted by Crippen LogP contribution is -1.90. The van der Waals surface area contributed by atoms with Crippen molar-refractivity contribution in [2.75, 3.05) is 12.8 Å². The van der Waals surface area contributed by atoms with Gasteiger partial charge in [-0.2, -0.15) is 0 Å². The Morgan fingerprint density at radius 2 is 2.12 bits per heavy atom. The number of ether oxygens (including phenoxy) is 1. The van der Waals surface area contributed by atoms with Gasteiger partial charge >= 0.3 is 0 Å². The van der Waals surface area contributed by atoms with Crippen LogP contribution in [0.3, 0.4) is 0 Å². The minimum absolute atomic E-state index is 0.258. The van der Waals surface area contributed by atoms with E-state index in [2.05, 4.69) is 5.16 Å². The molecule has 2 aromatic rings. The van der Waals surface area contributed by atoms with E-state index in [9.17, 15) is 0 Å². The lowest BCUT2D eigenvalue weighted by Gasteiger charge is -2.08. The van der Waals surface area contributed by atoms with Gasteiger partial charge in [0.15, 0.2) is 0 Å². The van der Waals surface area contributed by atoms with E-state index in [0.29, 0.717) is 16.5 Å². The Labute approximate surface area is 97.9 Å². The fraction of sp³-hybridized carbons (Fsp3) is 0.182. The largest absolute Gasteiger partial charge is 0.496 e. The van der Waals surface area contributed by atoms with E-state index in [4.69, 9.17) is 26.6 Å². The average molecular weight is 239 g/mol. The highest BCUT2D eigenvalue weighted by atomic mass is 35.5. The number of hydrogen-bond donors (Lipinski definition) is 1. The van der Waals surface area contributed by atoms with Gasteiger partial charge in [-0.1, -0.05) is 16.8 Å². The smallest absolute Gasteiger partial charge is 0.222 e. The van der Waals surface area contributed by atoms with E-state index >= 15 is 0 Å². The Balaban J connectivity index is 2.59. The van der Waals surface area contributed by atoms with Crippen LogP contribution in [0.5, 0.6) is 5.75 Å². The van der Waals surface area contributed by atoms with Gasteiger partial charge in [-0.3, -0.25) is 0 Å². The Kier molecular flexibility index (Phi) is 2.75. The first-order valence-corrected chi connectivity index (χ1v) is 5.06. The van der Waals surface area contributed by atoms with Crippen molar-refractivity contribution < 1.29 is 9.26 Å². The molecular weight excluding hydrogens is 228 g/mol. The third-order valence-corrected chi connectivity index (χ3v) is 2.69. The van der Waals surface area contributed by atoms with Crippen molar-refractivity contribution in [3.05, 3.63) is 28.8 Å². The molecule has 0 unspecified atom stereocenters. The van der Waals surface area contributed by atoms with Gasteiger partial charge in [-0.15, -0.1) is 0 Å². The number of halogens is 1. The van der Waals surface area contributed by atoms with Crippen molar-refractivity contribution in [1.82, 2.24) is 5.16 Å². The SMILES string of the molecule is COc1cc(C)c(Cl)cc1-c1cc(N)on1. The lowest BCUT2D eigenvalue weighted by molar-refractivity contribution is 0.413. The van der Waals surface area contributed by atoms with Crippen molar-refractivity contribution >= 4 is 17.5 Å². The molecule has 84 valence electrons. The van der Waals surface area contributed by atoms with E-state index < -0.39 is 0 Å². The molecule has 0 saturated carbocycles. The summed E-state index contributed by atoms with van der Waals surface area (Å²) in [4.78, 5) is 0. The molecule has 4 nitrogen and oxygen atoms in total. The minimum Gasteiger partial charge on any atom is -0.496 e. The average Bonchev–Trinajstić information content (AvgIpc) is 2.68. The van der Waals surface area contributed by atoms with E-state index in [-0.39, 0.29) is 5.88 Å². The van der Waals surface area contributed by atoms with Crippen LogP contribution in [-0.2, 0) is 0 Å². The summed E-state index contributed by atoms with van der Waals surface area (Å²) in [6.45, 7) is 1.91. The summed E-state index contributed by atoms with van der Waals surface area (Å²) in [6, 6.07) is 5.26. The number of nitrogens with zero attached hydrogens (tertiary/aromatic N) is 1. The number of nitrogen functional groups attached to an aromatic ring is 1. The first-order valence-electron chi connectivity index (χ1n) is 4.68. The molecule has 0 fully saturated rings. The molecule has 0 bridgehead atoms. The molecule has 0 spiro atoms. The number of aromatic nitrogens is 1. The number of benzene rings is 1. The standard InChI is InChI=1S/C11H11ClN2O2/c1-6-3-10(15-2)7(4-8(6)12)9-5-11(13)16-14-9/h3-5H,13H2,1-2H3. The highest BCUT2D eigenvalue weighted by Crippen LogP contribution is 2.34. The second-order valence-electron chi connectivity index (χ2n) is 3.42. The van der Waals surface area contributed by atoms with Crippen molar-refractivity contribution in [3.8, 4) is 17.0 Å². The van der Waals surface area contributed by atoms with Crippen LogP contribution in [0.25, 0.3) is 11.3 Å². The summed E-state index contributed by atoms with van der Waals surface area (Å²) in [5.74, 6) is 0.948. The molecule has 1 aromatic carbocycles. The fourth-order valence-corrected chi connectivity index (χ4v) is 1.60. The quantitative estimate of drug-likeness (QED) is 0.874. The van der Waals surface area contributed by atoms with Gasteiger partial charge in [0.2, 0.25) is 5.88 Å². The Hall–Kier alpha value is -1.68. The zero-order valence-corrected chi connectivity index (χ0v) is 9.71. The van der Waals surface area contributed by atoms with Crippen LogP contribution < -0.4 is 10.5 Å². The van der Waals surface area contributed by atoms with Crippen molar-refractivity contribution in [2.24, 2.45) is 0 Å². The molecule has 0 atom stereocenters. The number of hydrogen-bond acceptors (Lipinski definition) is 4. The maximum atomic E-state index is 6.05.